The van der Waals surface area contributed by atoms with Crippen molar-refractivity contribution in [2.24, 2.45) is 0 Å². The summed E-state index contributed by atoms with van der Waals surface area (Å²) in [5.74, 6) is 1.53. The molecule has 0 saturated carbocycles. The molecule has 1 aromatic carbocycles. The normalized spacial score (nSPS) is 16.4. The third-order valence-corrected chi connectivity index (χ3v) is 4.49. The fourth-order valence-electron chi connectivity index (χ4n) is 3.21. The van der Waals surface area contributed by atoms with Crippen molar-refractivity contribution in [2.45, 2.75) is 38.8 Å². The van der Waals surface area contributed by atoms with Crippen LogP contribution in [0, 0.1) is 0 Å². The fourth-order valence-corrected chi connectivity index (χ4v) is 3.21. The summed E-state index contributed by atoms with van der Waals surface area (Å²) in [6, 6.07) is 9.61. The van der Waals surface area contributed by atoms with Crippen LogP contribution in [-0.4, -0.2) is 30.9 Å². The second-order valence-corrected chi connectivity index (χ2v) is 6.16. The third kappa shape index (κ3) is 2.93. The van der Waals surface area contributed by atoms with E-state index in [9.17, 15) is 4.79 Å². The number of hydrogen-bond acceptors (Lipinski definition) is 4. The number of rotatable bonds is 4. The fraction of sp³-hybridized carbons (Fsp3) is 0.333. The van der Waals surface area contributed by atoms with Crippen LogP contribution in [0.4, 0.5) is 0 Å². The van der Waals surface area contributed by atoms with E-state index in [0.29, 0.717) is 5.56 Å². The molecule has 0 saturated heterocycles. The summed E-state index contributed by atoms with van der Waals surface area (Å²) in [4.78, 5) is 17.4. The molecule has 3 heterocycles. The highest BCUT2D eigenvalue weighted by Crippen LogP contribution is 2.25. The predicted molar refractivity (Wildman–Crippen MR) is 92.9 cm³/mol. The van der Waals surface area contributed by atoms with Crippen LogP contribution in [0.15, 0.2) is 36.5 Å². The number of amides is 1. The van der Waals surface area contributed by atoms with Crippen LogP contribution in [-0.2, 0) is 13.0 Å². The van der Waals surface area contributed by atoms with Gasteiger partial charge in [-0.3, -0.25) is 9.89 Å². The molecule has 2 aromatic heterocycles. The summed E-state index contributed by atoms with van der Waals surface area (Å²) in [5, 5.41) is 14.6. The largest absolute Gasteiger partial charge is 0.342 e. The summed E-state index contributed by atoms with van der Waals surface area (Å²) in [7, 11) is 0. The molecule has 7 heteroatoms. The molecule has 7 nitrogen and oxygen atoms in total. The van der Waals surface area contributed by atoms with Crippen LogP contribution in [0.5, 0.6) is 0 Å². The maximum atomic E-state index is 12.8. The lowest BCUT2D eigenvalue weighted by Crippen LogP contribution is -2.33. The predicted octanol–water partition coefficient (Wildman–Crippen LogP) is 2.50. The molecule has 0 bridgehead atoms. The molecule has 128 valence electrons. The zero-order valence-corrected chi connectivity index (χ0v) is 14.1. The molecule has 2 N–H and O–H groups in total. The Morgan fingerprint density at radius 3 is 3.00 bits per heavy atom. The first-order valence-electron chi connectivity index (χ1n) is 8.59. The number of nitrogens with zero attached hydrogens (tertiary/aromatic N) is 4. The summed E-state index contributed by atoms with van der Waals surface area (Å²) < 4.78 is 1.92. The molecule has 25 heavy (non-hydrogen) atoms. The third-order valence-electron chi connectivity index (χ3n) is 4.49. The van der Waals surface area contributed by atoms with Gasteiger partial charge < -0.3 is 5.32 Å². The van der Waals surface area contributed by atoms with E-state index in [4.69, 9.17) is 0 Å². The summed E-state index contributed by atoms with van der Waals surface area (Å²) in [5.41, 5.74) is 2.20. The quantitative estimate of drug-likeness (QED) is 0.766. The van der Waals surface area contributed by atoms with Gasteiger partial charge in [0.1, 0.15) is 5.82 Å². The van der Waals surface area contributed by atoms with Crippen LogP contribution in [0.1, 0.15) is 47.8 Å². The first kappa shape index (κ1) is 15.6. The van der Waals surface area contributed by atoms with Gasteiger partial charge >= 0.3 is 0 Å². The number of aromatic nitrogens is 5. The van der Waals surface area contributed by atoms with Gasteiger partial charge in [0.15, 0.2) is 5.82 Å². The van der Waals surface area contributed by atoms with Gasteiger partial charge in [-0.05, 0) is 12.8 Å². The molecular formula is C18H20N6O. The number of benzene rings is 1. The Bertz CT molecular complexity index is 882. The van der Waals surface area contributed by atoms with Crippen molar-refractivity contribution in [1.29, 1.82) is 0 Å². The zero-order chi connectivity index (χ0) is 17.2. The SMILES string of the molecule is CCc1nc2n(n1)CCC[C@H]2NC(=O)c1cn[nH]c1-c1ccccc1. The Labute approximate surface area is 145 Å². The van der Waals surface area contributed by atoms with E-state index < -0.39 is 0 Å². The molecule has 1 aliphatic rings. The van der Waals surface area contributed by atoms with Crippen LogP contribution < -0.4 is 5.32 Å². The van der Waals surface area contributed by atoms with Gasteiger partial charge in [-0.25, -0.2) is 9.67 Å². The van der Waals surface area contributed by atoms with Gasteiger partial charge in [-0.2, -0.15) is 10.2 Å². The van der Waals surface area contributed by atoms with E-state index in [1.807, 2.05) is 41.9 Å². The number of aryl methyl sites for hydroxylation is 2. The van der Waals surface area contributed by atoms with Crippen molar-refractivity contribution >= 4 is 5.91 Å². The second kappa shape index (κ2) is 6.51. The molecule has 0 spiro atoms. The average Bonchev–Trinajstić information content (AvgIpc) is 3.29. The number of nitrogens with one attached hydrogen (secondary N) is 2. The van der Waals surface area contributed by atoms with Crippen molar-refractivity contribution in [3.63, 3.8) is 0 Å². The van der Waals surface area contributed by atoms with Crippen molar-refractivity contribution < 1.29 is 4.79 Å². The van der Waals surface area contributed by atoms with Crippen molar-refractivity contribution in [2.75, 3.05) is 0 Å². The Morgan fingerprint density at radius 1 is 1.36 bits per heavy atom. The van der Waals surface area contributed by atoms with Crippen molar-refractivity contribution in [3.8, 4) is 11.3 Å². The van der Waals surface area contributed by atoms with Crippen molar-refractivity contribution in [1.82, 2.24) is 30.3 Å². The molecule has 1 aliphatic heterocycles. The van der Waals surface area contributed by atoms with Gasteiger partial charge in [-0.1, -0.05) is 37.3 Å². The van der Waals surface area contributed by atoms with E-state index in [1.165, 1.54) is 0 Å². The lowest BCUT2D eigenvalue weighted by atomic mass is 10.0. The Hall–Kier alpha value is -2.96. The Balaban J connectivity index is 1.58. The topological polar surface area (TPSA) is 88.5 Å². The van der Waals surface area contributed by atoms with Crippen LogP contribution in [0.2, 0.25) is 0 Å². The van der Waals surface area contributed by atoms with Gasteiger partial charge in [0.2, 0.25) is 0 Å². The number of H-pyrrole nitrogens is 1. The highest BCUT2D eigenvalue weighted by molar-refractivity contribution is 5.99. The first-order chi connectivity index (χ1) is 12.3. The van der Waals surface area contributed by atoms with Gasteiger partial charge in [0.05, 0.1) is 23.5 Å². The molecule has 3 aromatic rings. The number of hydrogen-bond donors (Lipinski definition) is 2. The molecule has 0 fully saturated rings. The maximum Gasteiger partial charge on any atom is 0.255 e. The maximum absolute atomic E-state index is 12.8. The number of carbonyl (C=O) groups excluding carboxylic acids is 1. The first-order valence-corrected chi connectivity index (χ1v) is 8.59. The molecular weight excluding hydrogens is 316 g/mol. The number of fused-ring (bicyclic) bond motifs is 1. The van der Waals surface area contributed by atoms with Crippen LogP contribution in [0.3, 0.4) is 0 Å². The van der Waals surface area contributed by atoms with Gasteiger partial charge in [0.25, 0.3) is 5.91 Å². The van der Waals surface area contributed by atoms with E-state index in [1.54, 1.807) is 6.20 Å². The molecule has 1 amide bonds. The summed E-state index contributed by atoms with van der Waals surface area (Å²) in [6.07, 6.45) is 4.21. The highest BCUT2D eigenvalue weighted by Gasteiger charge is 2.27. The zero-order valence-electron chi connectivity index (χ0n) is 14.1. The Morgan fingerprint density at radius 2 is 2.20 bits per heavy atom. The number of aromatic amines is 1. The van der Waals surface area contributed by atoms with Crippen molar-refractivity contribution in [3.05, 3.63) is 53.7 Å². The Kier molecular flexibility index (Phi) is 4.05. The highest BCUT2D eigenvalue weighted by atomic mass is 16.1. The van der Waals surface area contributed by atoms with Crippen LogP contribution >= 0.6 is 0 Å². The molecule has 4 rings (SSSR count). The molecule has 0 radical (unpaired) electrons. The van der Waals surface area contributed by atoms with Crippen LogP contribution in [0.25, 0.3) is 11.3 Å². The monoisotopic (exact) mass is 336 g/mol. The lowest BCUT2D eigenvalue weighted by molar-refractivity contribution is 0.0928. The standard InChI is InChI=1S/C18H20N6O/c1-2-15-21-17-14(9-6-10-24(17)23-15)20-18(25)13-11-19-22-16(13)12-7-4-3-5-8-12/h3-5,7-8,11,14H,2,6,9-10H2,1H3,(H,19,22)(H,20,25)/t14-/m1/s1. The van der Waals surface area contributed by atoms with E-state index in [0.717, 1.165) is 48.7 Å². The smallest absolute Gasteiger partial charge is 0.255 e. The number of carbonyl (C=O) groups is 1. The summed E-state index contributed by atoms with van der Waals surface area (Å²) in [6.45, 7) is 2.89. The van der Waals surface area contributed by atoms with E-state index in [-0.39, 0.29) is 11.9 Å². The van der Waals surface area contributed by atoms with E-state index in [2.05, 4.69) is 25.6 Å². The van der Waals surface area contributed by atoms with E-state index >= 15 is 0 Å². The second-order valence-electron chi connectivity index (χ2n) is 6.16. The van der Waals surface area contributed by atoms with Gasteiger partial charge in [0, 0.05) is 18.5 Å². The lowest BCUT2D eigenvalue weighted by Gasteiger charge is -2.23. The molecule has 0 aliphatic carbocycles. The molecule has 1 atom stereocenters. The molecule has 0 unspecified atom stereocenters. The summed E-state index contributed by atoms with van der Waals surface area (Å²) >= 11 is 0. The minimum atomic E-state index is -0.146. The minimum absolute atomic E-state index is 0.118. The minimum Gasteiger partial charge on any atom is -0.342 e. The average molecular weight is 336 g/mol. The van der Waals surface area contributed by atoms with Gasteiger partial charge in [-0.15, -0.1) is 0 Å².